The van der Waals surface area contributed by atoms with Crippen LogP contribution in [-0.2, 0) is 11.8 Å². The summed E-state index contributed by atoms with van der Waals surface area (Å²) in [6, 6.07) is 0. The highest BCUT2D eigenvalue weighted by molar-refractivity contribution is 8.08. The largest absolute Gasteiger partial charge is 0.341 e. The van der Waals surface area contributed by atoms with Gasteiger partial charge in [-0.3, -0.25) is 0 Å². The molecule has 56 valence electrons. The molecule has 9 heavy (non-hydrogen) atoms. The second-order valence-electron chi connectivity index (χ2n) is 1.57. The molecule has 0 N–H and O–H groups in total. The molecule has 0 bridgehead atoms. The third-order valence-corrected chi connectivity index (χ3v) is 2.98. The standard InChI is InChI=1S/C4H10F2NPS/c1-3-7(4-2)8(5,6)9/h3-4H2,1-2H3. The van der Waals surface area contributed by atoms with Crippen LogP contribution in [0.3, 0.4) is 0 Å². The van der Waals surface area contributed by atoms with Crippen molar-refractivity contribution in [3.8, 4) is 0 Å². The van der Waals surface area contributed by atoms with Crippen LogP contribution < -0.4 is 0 Å². The molecule has 0 fully saturated rings. The number of hydrogen-bond donors (Lipinski definition) is 0. The Morgan fingerprint density at radius 3 is 1.67 bits per heavy atom. The molecule has 0 aliphatic rings. The fourth-order valence-electron chi connectivity index (χ4n) is 0.553. The van der Waals surface area contributed by atoms with E-state index in [1.807, 2.05) is 0 Å². The van der Waals surface area contributed by atoms with Crippen molar-refractivity contribution in [1.82, 2.24) is 4.67 Å². The van der Waals surface area contributed by atoms with E-state index >= 15 is 0 Å². The van der Waals surface area contributed by atoms with E-state index in [1.54, 1.807) is 13.8 Å². The summed E-state index contributed by atoms with van der Waals surface area (Å²) in [5, 5.41) is 0. The summed E-state index contributed by atoms with van der Waals surface area (Å²) in [7, 11) is 0. The number of nitrogens with zero attached hydrogens (tertiary/aromatic N) is 1. The van der Waals surface area contributed by atoms with Gasteiger partial charge in [-0.25, -0.2) is 4.67 Å². The quantitative estimate of drug-likeness (QED) is 0.603. The minimum absolute atomic E-state index is 0.348. The van der Waals surface area contributed by atoms with Crippen molar-refractivity contribution in [3.63, 3.8) is 0 Å². The van der Waals surface area contributed by atoms with E-state index in [9.17, 15) is 8.39 Å². The van der Waals surface area contributed by atoms with Crippen molar-refractivity contribution in [1.29, 1.82) is 0 Å². The molecular weight excluding hydrogens is 163 g/mol. The molecule has 0 radical (unpaired) electrons. The Bertz CT molecular complexity index is 120. The predicted molar refractivity (Wildman–Crippen MR) is 39.4 cm³/mol. The summed E-state index contributed by atoms with van der Waals surface area (Å²) >= 11 is 4.01. The molecule has 0 heterocycles. The minimum atomic E-state index is -4.11. The molecule has 0 atom stereocenters. The molecule has 0 unspecified atom stereocenters. The normalized spacial score (nSPS) is 12.6. The van der Waals surface area contributed by atoms with Gasteiger partial charge in [0.2, 0.25) is 0 Å². The first-order valence-corrected chi connectivity index (χ1v) is 5.30. The van der Waals surface area contributed by atoms with Crippen molar-refractivity contribution >= 4 is 18.6 Å². The highest BCUT2D eigenvalue weighted by Crippen LogP contribution is 2.52. The molecule has 0 saturated carbocycles. The summed E-state index contributed by atoms with van der Waals surface area (Å²) in [4.78, 5) is 0. The zero-order valence-corrected chi connectivity index (χ0v) is 7.18. The summed E-state index contributed by atoms with van der Waals surface area (Å²) in [6.45, 7) is -0.0447. The number of hydrogen-bond acceptors (Lipinski definition) is 1. The monoisotopic (exact) mass is 173 g/mol. The highest BCUT2D eigenvalue weighted by atomic mass is 32.5. The zero-order chi connectivity index (χ0) is 7.49. The lowest BCUT2D eigenvalue weighted by atomic mass is 10.7. The first-order valence-electron chi connectivity index (χ1n) is 2.77. The predicted octanol–water partition coefficient (Wildman–Crippen LogP) is 2.49. The second-order valence-corrected chi connectivity index (χ2v) is 4.33. The summed E-state index contributed by atoms with van der Waals surface area (Å²) in [6.07, 6.45) is 0. The Labute approximate surface area is 59.3 Å². The van der Waals surface area contributed by atoms with Gasteiger partial charge in [-0.2, -0.15) is 8.39 Å². The first-order chi connectivity index (χ1) is 4.02. The Morgan fingerprint density at radius 2 is 1.67 bits per heavy atom. The fraction of sp³-hybridized carbons (Fsp3) is 1.00. The summed E-state index contributed by atoms with van der Waals surface area (Å²) < 4.78 is 25.5. The van der Waals surface area contributed by atoms with Crippen molar-refractivity contribution in [3.05, 3.63) is 0 Å². The van der Waals surface area contributed by atoms with Gasteiger partial charge in [0.1, 0.15) is 0 Å². The smallest absolute Gasteiger partial charge is 0.226 e. The maximum Gasteiger partial charge on any atom is 0.341 e. The summed E-state index contributed by atoms with van der Waals surface area (Å²) in [5.41, 5.74) is 0. The lowest BCUT2D eigenvalue weighted by Gasteiger charge is -2.17. The SMILES string of the molecule is CCN(CC)P(F)(F)=S. The number of halogens is 2. The van der Waals surface area contributed by atoms with E-state index in [4.69, 9.17) is 0 Å². The average Bonchev–Trinajstić information content (AvgIpc) is 1.65. The third-order valence-electron chi connectivity index (χ3n) is 1.06. The Morgan fingerprint density at radius 1 is 1.33 bits per heavy atom. The number of rotatable bonds is 3. The van der Waals surface area contributed by atoms with Gasteiger partial charge in [0.15, 0.2) is 0 Å². The zero-order valence-electron chi connectivity index (χ0n) is 5.47. The van der Waals surface area contributed by atoms with E-state index in [-0.39, 0.29) is 0 Å². The van der Waals surface area contributed by atoms with Gasteiger partial charge in [0.05, 0.1) is 0 Å². The minimum Gasteiger partial charge on any atom is -0.226 e. The molecule has 0 saturated heterocycles. The van der Waals surface area contributed by atoms with Crippen LogP contribution in [0, 0.1) is 0 Å². The van der Waals surface area contributed by atoms with Gasteiger partial charge in [-0.15, -0.1) is 0 Å². The van der Waals surface area contributed by atoms with Crippen LogP contribution in [0.2, 0.25) is 0 Å². The van der Waals surface area contributed by atoms with Gasteiger partial charge < -0.3 is 0 Å². The molecule has 0 aromatic carbocycles. The van der Waals surface area contributed by atoms with Crippen molar-refractivity contribution in [2.75, 3.05) is 13.1 Å². The van der Waals surface area contributed by atoms with Crippen molar-refractivity contribution in [2.45, 2.75) is 13.8 Å². The van der Waals surface area contributed by atoms with Crippen LogP contribution in [-0.4, -0.2) is 17.8 Å². The molecular formula is C4H10F2NPS. The van der Waals surface area contributed by atoms with E-state index in [1.165, 1.54) is 0 Å². The lowest BCUT2D eigenvalue weighted by Crippen LogP contribution is -2.15. The molecule has 5 heteroatoms. The second kappa shape index (κ2) is 3.59. The topological polar surface area (TPSA) is 3.24 Å². The third kappa shape index (κ3) is 3.23. The Balaban J connectivity index is 3.96. The molecule has 0 rings (SSSR count). The average molecular weight is 173 g/mol. The van der Waals surface area contributed by atoms with Gasteiger partial charge >= 0.3 is 6.81 Å². The molecule has 0 aliphatic heterocycles. The fourth-order valence-corrected chi connectivity index (χ4v) is 1.90. The van der Waals surface area contributed by atoms with Crippen molar-refractivity contribution < 1.29 is 8.39 Å². The van der Waals surface area contributed by atoms with Crippen LogP contribution in [0.15, 0.2) is 0 Å². The van der Waals surface area contributed by atoms with Crippen LogP contribution in [0.4, 0.5) is 8.39 Å². The van der Waals surface area contributed by atoms with Gasteiger partial charge in [0.25, 0.3) is 0 Å². The molecule has 1 nitrogen and oxygen atoms in total. The molecule has 0 aromatic heterocycles. The Kier molecular flexibility index (Phi) is 3.78. The maximum atomic E-state index is 12.2. The maximum absolute atomic E-state index is 12.2. The highest BCUT2D eigenvalue weighted by Gasteiger charge is 2.20. The van der Waals surface area contributed by atoms with Gasteiger partial charge in [-0.1, -0.05) is 13.8 Å². The molecule has 0 amide bonds. The van der Waals surface area contributed by atoms with E-state index in [0.717, 1.165) is 4.67 Å². The lowest BCUT2D eigenvalue weighted by molar-refractivity contribution is 0.447. The van der Waals surface area contributed by atoms with Crippen LogP contribution in [0.5, 0.6) is 0 Å². The van der Waals surface area contributed by atoms with Crippen LogP contribution in [0.25, 0.3) is 0 Å². The van der Waals surface area contributed by atoms with Gasteiger partial charge in [-0.05, 0) is 11.8 Å². The summed E-state index contributed by atoms with van der Waals surface area (Å²) in [5.74, 6) is 0. The van der Waals surface area contributed by atoms with Crippen LogP contribution in [0.1, 0.15) is 13.8 Å². The van der Waals surface area contributed by atoms with Crippen molar-refractivity contribution in [2.24, 2.45) is 0 Å². The van der Waals surface area contributed by atoms with Crippen LogP contribution >= 0.6 is 6.81 Å². The molecule has 0 aliphatic carbocycles. The van der Waals surface area contributed by atoms with E-state index in [2.05, 4.69) is 11.8 Å². The van der Waals surface area contributed by atoms with E-state index < -0.39 is 6.81 Å². The van der Waals surface area contributed by atoms with E-state index in [0.29, 0.717) is 13.1 Å². The Hall–Kier alpha value is 0.470. The van der Waals surface area contributed by atoms with Gasteiger partial charge in [0, 0.05) is 13.1 Å². The molecule has 0 spiro atoms. The molecule has 0 aromatic rings. The first kappa shape index (κ1) is 9.47.